The Morgan fingerprint density at radius 2 is 1.71 bits per heavy atom. The van der Waals surface area contributed by atoms with Crippen LogP contribution in [-0.4, -0.2) is 46.1 Å². The number of nitrogens with zero attached hydrogens (tertiary/aromatic N) is 1. The van der Waals surface area contributed by atoms with Crippen LogP contribution in [0.1, 0.15) is 62.8 Å². The Hall–Kier alpha value is -3.55. The van der Waals surface area contributed by atoms with E-state index in [0.717, 1.165) is 30.4 Å². The van der Waals surface area contributed by atoms with Crippen molar-refractivity contribution in [2.45, 2.75) is 71.6 Å². The van der Waals surface area contributed by atoms with E-state index in [1.54, 1.807) is 37.8 Å². The van der Waals surface area contributed by atoms with Crippen molar-refractivity contribution >= 4 is 23.6 Å². The van der Waals surface area contributed by atoms with Crippen LogP contribution in [0.3, 0.4) is 0 Å². The van der Waals surface area contributed by atoms with Crippen LogP contribution in [0.25, 0.3) is 0 Å². The number of aromatic hydroxyl groups is 1. The molecule has 1 aliphatic rings. The number of ether oxygens (including phenoxy) is 1. The third kappa shape index (κ3) is 6.74. The predicted molar refractivity (Wildman–Crippen MR) is 134 cm³/mol. The number of hydrogen-bond acceptors (Lipinski definition) is 5. The highest BCUT2D eigenvalue weighted by Gasteiger charge is 2.39. The maximum absolute atomic E-state index is 13.7. The molecule has 1 unspecified atom stereocenters. The lowest BCUT2D eigenvalue weighted by Crippen LogP contribution is -2.53. The van der Waals surface area contributed by atoms with Crippen molar-refractivity contribution < 1.29 is 24.2 Å². The largest absolute Gasteiger partial charge is 0.508 e. The molecule has 0 aromatic heterocycles. The van der Waals surface area contributed by atoms with Gasteiger partial charge in [-0.3, -0.25) is 9.59 Å². The zero-order valence-electron chi connectivity index (χ0n) is 21.1. The van der Waals surface area contributed by atoms with Crippen LogP contribution in [0.5, 0.6) is 5.75 Å². The Bertz CT molecular complexity index is 1070. The first-order chi connectivity index (χ1) is 16.5. The second-order valence-electron chi connectivity index (χ2n) is 9.99. The summed E-state index contributed by atoms with van der Waals surface area (Å²) in [6.45, 7) is 8.73. The van der Waals surface area contributed by atoms with Gasteiger partial charge in [-0.15, -0.1) is 0 Å². The molecule has 0 radical (unpaired) electrons. The number of phenolic OH excluding ortho intramolecular Hbond substituents is 1. The standard InChI is InChI=1S/C27H35N3O5/c1-17-9-6-10-18(2)23(17)29-25(33)24(19-11-7-14-21(31)15-19)30(20-12-8-13-20)22(32)16-28-26(34)35-27(3,4)5/h6-7,9-11,14-15,20,24,31H,8,12-13,16H2,1-5H3,(H,28,34)(H,29,33). The number of aryl methyl sites for hydroxylation is 2. The normalized spacial score (nSPS) is 14.4. The molecule has 0 bridgehead atoms. The van der Waals surface area contributed by atoms with Crippen molar-refractivity contribution in [3.05, 3.63) is 59.2 Å². The van der Waals surface area contributed by atoms with Crippen LogP contribution in [-0.2, 0) is 14.3 Å². The molecule has 2 aromatic carbocycles. The second kappa shape index (κ2) is 10.8. The van der Waals surface area contributed by atoms with Crippen LogP contribution in [0.4, 0.5) is 10.5 Å². The summed E-state index contributed by atoms with van der Waals surface area (Å²) in [5, 5.41) is 15.6. The van der Waals surface area contributed by atoms with Crippen molar-refractivity contribution in [3.63, 3.8) is 0 Å². The zero-order chi connectivity index (χ0) is 25.8. The molecule has 2 aromatic rings. The highest BCUT2D eigenvalue weighted by atomic mass is 16.6. The van der Waals surface area contributed by atoms with Crippen molar-refractivity contribution in [2.24, 2.45) is 0 Å². The fourth-order valence-electron chi connectivity index (χ4n) is 4.11. The average molecular weight is 482 g/mol. The van der Waals surface area contributed by atoms with Crippen molar-refractivity contribution in [1.82, 2.24) is 10.2 Å². The summed E-state index contributed by atoms with van der Waals surface area (Å²) in [6.07, 6.45) is 1.75. The summed E-state index contributed by atoms with van der Waals surface area (Å²) < 4.78 is 5.25. The number of amides is 3. The minimum Gasteiger partial charge on any atom is -0.508 e. The van der Waals surface area contributed by atoms with E-state index in [-0.39, 0.29) is 24.2 Å². The molecule has 8 nitrogen and oxygen atoms in total. The molecular weight excluding hydrogens is 446 g/mol. The molecule has 188 valence electrons. The topological polar surface area (TPSA) is 108 Å². The van der Waals surface area contributed by atoms with Gasteiger partial charge in [-0.2, -0.15) is 0 Å². The van der Waals surface area contributed by atoms with Gasteiger partial charge in [-0.25, -0.2) is 4.79 Å². The fourth-order valence-corrected chi connectivity index (χ4v) is 4.11. The molecule has 1 aliphatic carbocycles. The van der Waals surface area contributed by atoms with Gasteiger partial charge in [0.1, 0.15) is 23.9 Å². The van der Waals surface area contributed by atoms with Gasteiger partial charge in [0.05, 0.1) is 0 Å². The molecule has 3 rings (SSSR count). The number of anilines is 1. The first-order valence-corrected chi connectivity index (χ1v) is 11.9. The molecule has 0 heterocycles. The number of phenols is 1. The van der Waals surface area contributed by atoms with Crippen LogP contribution in [0, 0.1) is 13.8 Å². The molecule has 35 heavy (non-hydrogen) atoms. The van der Waals surface area contributed by atoms with Crippen molar-refractivity contribution in [1.29, 1.82) is 0 Å². The van der Waals surface area contributed by atoms with Gasteiger partial charge in [0.2, 0.25) is 5.91 Å². The van der Waals surface area contributed by atoms with Gasteiger partial charge >= 0.3 is 6.09 Å². The number of alkyl carbamates (subject to hydrolysis) is 1. The van der Waals surface area contributed by atoms with Gasteiger partial charge in [0.15, 0.2) is 0 Å². The lowest BCUT2D eigenvalue weighted by atomic mass is 9.88. The number of hydrogen-bond donors (Lipinski definition) is 3. The Morgan fingerprint density at radius 1 is 1.09 bits per heavy atom. The average Bonchev–Trinajstić information content (AvgIpc) is 2.72. The number of benzene rings is 2. The highest BCUT2D eigenvalue weighted by molar-refractivity contribution is 5.99. The van der Waals surface area contributed by atoms with E-state index in [0.29, 0.717) is 11.3 Å². The summed E-state index contributed by atoms with van der Waals surface area (Å²) in [6, 6.07) is 11.0. The molecular formula is C27H35N3O5. The molecule has 8 heteroatoms. The van der Waals surface area contributed by atoms with E-state index >= 15 is 0 Å². The SMILES string of the molecule is Cc1cccc(C)c1NC(=O)C(c1cccc(O)c1)N(C(=O)CNC(=O)OC(C)(C)C)C1CCC1. The zero-order valence-corrected chi connectivity index (χ0v) is 21.1. The molecule has 1 saturated carbocycles. The smallest absolute Gasteiger partial charge is 0.408 e. The number of carbonyl (C=O) groups excluding carboxylic acids is 3. The van der Waals surface area contributed by atoms with E-state index in [1.807, 2.05) is 32.0 Å². The number of para-hydroxylation sites is 1. The van der Waals surface area contributed by atoms with Gasteiger partial charge in [0.25, 0.3) is 5.91 Å². The lowest BCUT2D eigenvalue weighted by Gasteiger charge is -2.42. The first kappa shape index (κ1) is 26.1. The van der Waals surface area contributed by atoms with Crippen molar-refractivity contribution in [3.8, 4) is 5.75 Å². The van der Waals surface area contributed by atoms with Crippen molar-refractivity contribution in [2.75, 3.05) is 11.9 Å². The fraction of sp³-hybridized carbons (Fsp3) is 0.444. The molecule has 3 N–H and O–H groups in total. The highest BCUT2D eigenvalue weighted by Crippen LogP contribution is 2.35. The van der Waals surface area contributed by atoms with Gasteiger partial charge < -0.3 is 25.4 Å². The maximum Gasteiger partial charge on any atom is 0.408 e. The quantitative estimate of drug-likeness (QED) is 0.536. The first-order valence-electron chi connectivity index (χ1n) is 11.9. The second-order valence-corrected chi connectivity index (χ2v) is 9.99. The van der Waals surface area contributed by atoms with E-state index in [2.05, 4.69) is 10.6 Å². The summed E-state index contributed by atoms with van der Waals surface area (Å²) >= 11 is 0. The van der Waals surface area contributed by atoms with E-state index in [4.69, 9.17) is 4.74 Å². The van der Waals surface area contributed by atoms with Crippen LogP contribution in [0.2, 0.25) is 0 Å². The minimum absolute atomic E-state index is 0.000241. The lowest BCUT2D eigenvalue weighted by molar-refractivity contribution is -0.143. The van der Waals surface area contributed by atoms with Crippen LogP contribution >= 0.6 is 0 Å². The molecule has 3 amide bonds. The Kier molecular flexibility index (Phi) is 8.04. The number of nitrogens with one attached hydrogen (secondary N) is 2. The Balaban J connectivity index is 1.93. The monoisotopic (exact) mass is 481 g/mol. The Labute approximate surface area is 206 Å². The van der Waals surface area contributed by atoms with E-state index < -0.39 is 23.6 Å². The van der Waals surface area contributed by atoms with Crippen LogP contribution in [0.15, 0.2) is 42.5 Å². The maximum atomic E-state index is 13.7. The third-order valence-electron chi connectivity index (χ3n) is 5.98. The summed E-state index contributed by atoms with van der Waals surface area (Å²) in [4.78, 5) is 40.9. The number of carbonyl (C=O) groups is 3. The molecule has 0 aliphatic heterocycles. The minimum atomic E-state index is -0.987. The summed E-state index contributed by atoms with van der Waals surface area (Å²) in [7, 11) is 0. The third-order valence-corrected chi connectivity index (χ3v) is 5.98. The Morgan fingerprint density at radius 3 is 2.26 bits per heavy atom. The van der Waals surface area contributed by atoms with Gasteiger partial charge in [0, 0.05) is 11.7 Å². The van der Waals surface area contributed by atoms with Gasteiger partial charge in [-0.1, -0.05) is 30.3 Å². The molecule has 1 fully saturated rings. The van der Waals surface area contributed by atoms with E-state index in [1.165, 1.54) is 12.1 Å². The summed E-state index contributed by atoms with van der Waals surface area (Å²) in [5.74, 6) is -0.781. The molecule has 0 spiro atoms. The van der Waals surface area contributed by atoms with Crippen LogP contribution < -0.4 is 10.6 Å². The molecule has 0 saturated heterocycles. The summed E-state index contributed by atoms with van der Waals surface area (Å²) in [5.41, 5.74) is 2.29. The number of rotatable bonds is 7. The molecule has 1 atom stereocenters. The van der Waals surface area contributed by atoms with E-state index in [9.17, 15) is 19.5 Å². The predicted octanol–water partition coefficient (Wildman–Crippen LogP) is 4.59. The van der Waals surface area contributed by atoms with Gasteiger partial charge in [-0.05, 0) is 82.7 Å².